The molecule has 128 valence electrons. The van der Waals surface area contributed by atoms with Gasteiger partial charge < -0.3 is 11.1 Å². The van der Waals surface area contributed by atoms with Crippen molar-refractivity contribution >= 4 is 6.21 Å². The van der Waals surface area contributed by atoms with Crippen molar-refractivity contribution < 1.29 is 4.59 Å². The molecule has 4 nitrogen and oxygen atoms in total. The third-order valence-corrected chi connectivity index (χ3v) is 6.09. The zero-order chi connectivity index (χ0) is 16.6. The summed E-state index contributed by atoms with van der Waals surface area (Å²) in [4.78, 5) is 0. The Labute approximate surface area is 145 Å². The molecule has 1 atom stereocenters. The number of nitrogens with one attached hydrogen (secondary N) is 1. The fourth-order valence-electron chi connectivity index (χ4n) is 4.53. The summed E-state index contributed by atoms with van der Waals surface area (Å²) in [6, 6.07) is 10.3. The number of hydrogen-bond acceptors (Lipinski definition) is 3. The van der Waals surface area contributed by atoms with E-state index in [0.717, 1.165) is 36.8 Å². The van der Waals surface area contributed by atoms with E-state index in [-0.39, 0.29) is 0 Å². The Kier molecular flexibility index (Phi) is 4.19. The van der Waals surface area contributed by atoms with E-state index in [1.807, 2.05) is 0 Å². The van der Waals surface area contributed by atoms with Gasteiger partial charge in [-0.3, -0.25) is 0 Å². The monoisotopic (exact) mass is 325 g/mol. The quantitative estimate of drug-likeness (QED) is 0.836. The summed E-state index contributed by atoms with van der Waals surface area (Å²) in [6.45, 7) is 3.26. The topological polar surface area (TPSA) is 50.4 Å². The molecule has 1 fully saturated rings. The number of nitrogens with zero attached hydrogens (tertiary/aromatic N) is 2. The molecular formula is C20H29N4+. The van der Waals surface area contributed by atoms with E-state index in [4.69, 9.17) is 10.8 Å². The van der Waals surface area contributed by atoms with Gasteiger partial charge in [-0.05, 0) is 43.7 Å². The molecule has 4 rings (SSSR count). The predicted molar refractivity (Wildman–Crippen MR) is 98.4 cm³/mol. The number of quaternary nitrogens is 1. The molecule has 0 aromatic heterocycles. The predicted octanol–water partition coefficient (Wildman–Crippen LogP) is 2.69. The fraction of sp³-hybridized carbons (Fsp3) is 0.550. The van der Waals surface area contributed by atoms with Crippen LogP contribution in [0, 0.1) is 0 Å². The minimum atomic E-state index is 0.400. The molecule has 24 heavy (non-hydrogen) atoms. The number of benzene rings is 1. The first-order valence-corrected chi connectivity index (χ1v) is 9.43. The van der Waals surface area contributed by atoms with E-state index in [0.29, 0.717) is 18.1 Å². The number of allylic oxidation sites excluding steroid dienone is 1. The minimum absolute atomic E-state index is 0.400. The van der Waals surface area contributed by atoms with Gasteiger partial charge in [0, 0.05) is 24.9 Å². The molecule has 1 unspecified atom stereocenters. The van der Waals surface area contributed by atoms with Gasteiger partial charge in [0.25, 0.3) is 0 Å². The third-order valence-electron chi connectivity index (χ3n) is 6.09. The lowest BCUT2D eigenvalue weighted by atomic mass is 9.92. The molecule has 3 N–H and O–H groups in total. The summed E-state index contributed by atoms with van der Waals surface area (Å²) in [5, 5.41) is 8.66. The number of nitrogens with two attached hydrogens (primary N) is 1. The summed E-state index contributed by atoms with van der Waals surface area (Å²) in [7, 11) is 0. The molecule has 0 bridgehead atoms. The Morgan fingerprint density at radius 2 is 1.79 bits per heavy atom. The average Bonchev–Trinajstić information content (AvgIpc) is 3.22. The van der Waals surface area contributed by atoms with Crippen molar-refractivity contribution in [3.63, 3.8) is 0 Å². The Balaban J connectivity index is 1.47. The van der Waals surface area contributed by atoms with Crippen molar-refractivity contribution in [3.8, 4) is 0 Å². The highest BCUT2D eigenvalue weighted by molar-refractivity contribution is 5.78. The molecule has 1 saturated carbocycles. The van der Waals surface area contributed by atoms with Gasteiger partial charge in [0.1, 0.15) is 30.7 Å². The van der Waals surface area contributed by atoms with Crippen molar-refractivity contribution in [2.75, 3.05) is 6.54 Å². The lowest BCUT2D eigenvalue weighted by molar-refractivity contribution is -0.906. The number of likely N-dealkylation sites (N-methyl/N-ethyl adjacent to an activating group) is 1. The van der Waals surface area contributed by atoms with Crippen molar-refractivity contribution in [1.82, 2.24) is 5.32 Å². The van der Waals surface area contributed by atoms with Gasteiger partial charge in [-0.1, -0.05) is 29.4 Å². The average molecular weight is 325 g/mol. The Bertz CT molecular complexity index is 632. The van der Waals surface area contributed by atoms with Crippen LogP contribution in [0.25, 0.3) is 0 Å². The molecule has 2 aliphatic carbocycles. The first-order valence-electron chi connectivity index (χ1n) is 9.43. The van der Waals surface area contributed by atoms with Crippen molar-refractivity contribution in [1.29, 1.82) is 0 Å². The van der Waals surface area contributed by atoms with Crippen molar-refractivity contribution in [2.45, 2.75) is 63.6 Å². The van der Waals surface area contributed by atoms with Gasteiger partial charge in [-0.15, -0.1) is 0 Å². The van der Waals surface area contributed by atoms with Crippen LogP contribution in [0.2, 0.25) is 0 Å². The Morgan fingerprint density at radius 3 is 2.42 bits per heavy atom. The Hall–Kier alpha value is -1.65. The fourth-order valence-corrected chi connectivity index (χ4v) is 4.53. The molecule has 0 radical (unpaired) electrons. The SMILES string of the molecule is CC[N+]1(C2Cc3ccccc3C2)C=C(N[C@H]2CC[C@@H](N)CC2)C=N1. The van der Waals surface area contributed by atoms with Crippen LogP contribution in [0.1, 0.15) is 43.7 Å². The van der Waals surface area contributed by atoms with Crippen LogP contribution >= 0.6 is 0 Å². The normalized spacial score (nSPS) is 32.7. The summed E-state index contributed by atoms with van der Waals surface area (Å²) < 4.78 is 0.739. The first-order chi connectivity index (χ1) is 11.7. The molecule has 3 aliphatic rings. The highest BCUT2D eigenvalue weighted by Crippen LogP contribution is 2.33. The zero-order valence-corrected chi connectivity index (χ0v) is 14.6. The number of fused-ring (bicyclic) bond motifs is 1. The van der Waals surface area contributed by atoms with Gasteiger partial charge >= 0.3 is 0 Å². The second-order valence-corrected chi connectivity index (χ2v) is 7.62. The molecule has 1 heterocycles. The largest absolute Gasteiger partial charge is 0.377 e. The van der Waals surface area contributed by atoms with Gasteiger partial charge in [0.05, 0.1) is 0 Å². The first kappa shape index (κ1) is 15.9. The van der Waals surface area contributed by atoms with Gasteiger partial charge in [-0.25, -0.2) is 0 Å². The van der Waals surface area contributed by atoms with Gasteiger partial charge in [-0.2, -0.15) is 4.59 Å². The zero-order valence-electron chi connectivity index (χ0n) is 14.6. The minimum Gasteiger partial charge on any atom is -0.377 e. The molecule has 1 aromatic carbocycles. The van der Waals surface area contributed by atoms with Gasteiger partial charge in [0.2, 0.25) is 0 Å². The maximum Gasteiger partial charge on any atom is 0.148 e. The maximum absolute atomic E-state index is 6.02. The number of hydrogen-bond donors (Lipinski definition) is 2. The highest BCUT2D eigenvalue weighted by Gasteiger charge is 2.41. The summed E-state index contributed by atoms with van der Waals surface area (Å²) in [5.74, 6) is 0. The Morgan fingerprint density at radius 1 is 1.12 bits per heavy atom. The van der Waals surface area contributed by atoms with Crippen molar-refractivity contribution in [2.24, 2.45) is 10.8 Å². The molecule has 0 saturated heterocycles. The second kappa shape index (κ2) is 6.34. The van der Waals surface area contributed by atoms with Crippen LogP contribution in [-0.4, -0.2) is 35.5 Å². The molecule has 1 aromatic rings. The summed E-state index contributed by atoms with van der Waals surface area (Å²) >= 11 is 0. The van der Waals surface area contributed by atoms with E-state index < -0.39 is 0 Å². The van der Waals surface area contributed by atoms with E-state index >= 15 is 0 Å². The standard InChI is InChI=1S/C20H29N4/c1-2-24(20-11-15-5-3-4-6-16(15)12-20)14-19(13-22-24)23-18-9-7-17(21)8-10-18/h3-6,13-14,17-18,20,23H,2,7-12,21H2,1H3/q+1/t17-,18+,24?. The third kappa shape index (κ3) is 2.89. The second-order valence-electron chi connectivity index (χ2n) is 7.62. The van der Waals surface area contributed by atoms with Crippen LogP contribution < -0.4 is 11.1 Å². The van der Waals surface area contributed by atoms with E-state index in [1.165, 1.54) is 29.7 Å². The van der Waals surface area contributed by atoms with Crippen LogP contribution in [-0.2, 0) is 12.8 Å². The van der Waals surface area contributed by atoms with Crippen LogP contribution in [0.3, 0.4) is 0 Å². The van der Waals surface area contributed by atoms with Crippen LogP contribution in [0.15, 0.2) is 41.3 Å². The highest BCUT2D eigenvalue weighted by atomic mass is 15.6. The van der Waals surface area contributed by atoms with E-state index in [1.54, 1.807) is 0 Å². The summed E-state index contributed by atoms with van der Waals surface area (Å²) in [5.41, 5.74) is 10.2. The maximum atomic E-state index is 6.02. The van der Waals surface area contributed by atoms with Gasteiger partial charge in [0.15, 0.2) is 0 Å². The van der Waals surface area contributed by atoms with Crippen LogP contribution in [0.5, 0.6) is 0 Å². The van der Waals surface area contributed by atoms with E-state index in [2.05, 4.69) is 48.9 Å². The van der Waals surface area contributed by atoms with Crippen LogP contribution in [0.4, 0.5) is 0 Å². The smallest absolute Gasteiger partial charge is 0.148 e. The number of rotatable bonds is 4. The lowest BCUT2D eigenvalue weighted by Gasteiger charge is -2.31. The van der Waals surface area contributed by atoms with Crippen molar-refractivity contribution in [3.05, 3.63) is 47.3 Å². The lowest BCUT2D eigenvalue weighted by Crippen LogP contribution is -2.46. The van der Waals surface area contributed by atoms with E-state index in [9.17, 15) is 0 Å². The molecule has 0 spiro atoms. The summed E-state index contributed by atoms with van der Waals surface area (Å²) in [6.07, 6.45) is 11.3. The molecule has 0 amide bonds. The molecule has 4 heteroatoms. The molecular weight excluding hydrogens is 296 g/mol. The molecule has 1 aliphatic heterocycles.